The maximum atomic E-state index is 13.7. The molecular formula is C29H35N3O5S. The summed E-state index contributed by atoms with van der Waals surface area (Å²) in [4.78, 5) is 15.7. The number of carbonyl (C=O) groups is 1. The molecule has 3 aromatic rings. The monoisotopic (exact) mass is 537 g/mol. The first-order chi connectivity index (χ1) is 18.3. The lowest BCUT2D eigenvalue weighted by molar-refractivity contribution is -0.120. The molecule has 1 saturated heterocycles. The van der Waals surface area contributed by atoms with Gasteiger partial charge in [-0.3, -0.25) is 9.10 Å². The predicted octanol–water partition coefficient (Wildman–Crippen LogP) is 4.77. The molecule has 0 saturated carbocycles. The largest absolute Gasteiger partial charge is 0.497 e. The molecule has 0 aliphatic carbocycles. The van der Waals surface area contributed by atoms with Gasteiger partial charge in [-0.25, -0.2) is 8.42 Å². The molecule has 4 rings (SSSR count). The fraction of sp³-hybridized carbons (Fsp3) is 0.345. The van der Waals surface area contributed by atoms with E-state index in [1.165, 1.54) is 51.3 Å². The number of hydrogen-bond donors (Lipinski definition) is 1. The maximum absolute atomic E-state index is 13.7. The SMILES string of the molecule is COc1ccc(OC)c(N(CC(=O)NC(C)c2ccc(N3CCCCC3)cc2)S(=O)(=O)c2ccccc2)c1. The fourth-order valence-corrected chi connectivity index (χ4v) is 6.08. The third-order valence-electron chi connectivity index (χ3n) is 6.76. The van der Waals surface area contributed by atoms with Crippen molar-refractivity contribution in [1.29, 1.82) is 0 Å². The number of nitrogens with one attached hydrogen (secondary N) is 1. The number of hydrogen-bond acceptors (Lipinski definition) is 6. The third-order valence-corrected chi connectivity index (χ3v) is 8.54. The van der Waals surface area contributed by atoms with Crippen LogP contribution in [0.5, 0.6) is 11.5 Å². The Kier molecular flexibility index (Phi) is 8.78. The van der Waals surface area contributed by atoms with Crippen molar-refractivity contribution in [3.63, 3.8) is 0 Å². The van der Waals surface area contributed by atoms with E-state index in [4.69, 9.17) is 9.47 Å². The van der Waals surface area contributed by atoms with E-state index in [0.29, 0.717) is 11.5 Å². The van der Waals surface area contributed by atoms with Crippen LogP contribution in [0.4, 0.5) is 11.4 Å². The van der Waals surface area contributed by atoms with E-state index in [-0.39, 0.29) is 16.6 Å². The Bertz CT molecular complexity index is 1320. The molecule has 1 N–H and O–H groups in total. The van der Waals surface area contributed by atoms with Gasteiger partial charge >= 0.3 is 0 Å². The van der Waals surface area contributed by atoms with Crippen molar-refractivity contribution in [2.45, 2.75) is 37.1 Å². The summed E-state index contributed by atoms with van der Waals surface area (Å²) in [5.74, 6) is 0.304. The average molecular weight is 538 g/mol. The Labute approximate surface area is 225 Å². The molecule has 38 heavy (non-hydrogen) atoms. The Balaban J connectivity index is 1.57. The van der Waals surface area contributed by atoms with Gasteiger partial charge in [0.2, 0.25) is 5.91 Å². The van der Waals surface area contributed by atoms with Crippen molar-refractivity contribution in [3.8, 4) is 11.5 Å². The summed E-state index contributed by atoms with van der Waals surface area (Å²) in [6.07, 6.45) is 3.68. The summed E-state index contributed by atoms with van der Waals surface area (Å²) >= 11 is 0. The molecule has 1 fully saturated rings. The highest BCUT2D eigenvalue weighted by atomic mass is 32.2. The lowest BCUT2D eigenvalue weighted by Gasteiger charge is -2.29. The van der Waals surface area contributed by atoms with Gasteiger partial charge in [0, 0.05) is 24.8 Å². The number of carbonyl (C=O) groups excluding carboxylic acids is 1. The van der Waals surface area contributed by atoms with E-state index in [9.17, 15) is 13.2 Å². The average Bonchev–Trinajstić information content (AvgIpc) is 2.96. The number of ether oxygens (including phenoxy) is 2. The van der Waals surface area contributed by atoms with Crippen molar-refractivity contribution in [3.05, 3.63) is 78.4 Å². The minimum Gasteiger partial charge on any atom is -0.497 e. The predicted molar refractivity (Wildman–Crippen MR) is 150 cm³/mol. The summed E-state index contributed by atoms with van der Waals surface area (Å²) in [5.41, 5.74) is 2.33. The highest BCUT2D eigenvalue weighted by molar-refractivity contribution is 7.92. The highest BCUT2D eigenvalue weighted by Gasteiger charge is 2.30. The smallest absolute Gasteiger partial charge is 0.264 e. The molecule has 0 spiro atoms. The van der Waals surface area contributed by atoms with Gasteiger partial charge in [-0.05, 0) is 68.1 Å². The molecule has 1 unspecified atom stereocenters. The molecule has 0 bridgehead atoms. The molecule has 1 amide bonds. The van der Waals surface area contributed by atoms with Crippen LogP contribution in [0.15, 0.2) is 77.7 Å². The standard InChI is InChI=1S/C29H35N3O5S/c1-22(23-12-14-24(15-13-23)31-18-8-5-9-19-31)30-29(33)21-32(38(34,35)26-10-6-4-7-11-26)27-20-25(36-2)16-17-28(27)37-3/h4,6-7,10-17,20,22H,5,8-9,18-19,21H2,1-3H3,(H,30,33). The topological polar surface area (TPSA) is 88.2 Å². The van der Waals surface area contributed by atoms with Crippen LogP contribution < -0.4 is 24.0 Å². The van der Waals surface area contributed by atoms with E-state index < -0.39 is 22.5 Å². The van der Waals surface area contributed by atoms with Crippen LogP contribution in [0.25, 0.3) is 0 Å². The fourth-order valence-electron chi connectivity index (χ4n) is 4.64. The maximum Gasteiger partial charge on any atom is 0.264 e. The zero-order valence-corrected chi connectivity index (χ0v) is 22.9. The lowest BCUT2D eigenvalue weighted by atomic mass is 10.1. The number of benzene rings is 3. The number of anilines is 2. The van der Waals surface area contributed by atoms with Crippen molar-refractivity contribution < 1.29 is 22.7 Å². The van der Waals surface area contributed by atoms with E-state index in [1.54, 1.807) is 36.4 Å². The molecule has 1 aliphatic rings. The van der Waals surface area contributed by atoms with Crippen LogP contribution in [0.1, 0.15) is 37.8 Å². The Hall–Kier alpha value is -3.72. The quantitative estimate of drug-likeness (QED) is 0.401. The molecule has 1 heterocycles. The summed E-state index contributed by atoms with van der Waals surface area (Å²) < 4.78 is 39.3. The Morgan fingerprint density at radius 2 is 1.63 bits per heavy atom. The van der Waals surface area contributed by atoms with E-state index in [0.717, 1.165) is 23.0 Å². The first-order valence-electron chi connectivity index (χ1n) is 12.8. The molecule has 1 atom stereocenters. The minimum atomic E-state index is -4.09. The van der Waals surface area contributed by atoms with Gasteiger partial charge in [0.1, 0.15) is 18.0 Å². The summed E-state index contributed by atoms with van der Waals surface area (Å²) in [6.45, 7) is 3.57. The number of piperidine rings is 1. The van der Waals surface area contributed by atoms with Gasteiger partial charge in [0.05, 0.1) is 30.8 Å². The zero-order chi connectivity index (χ0) is 27.1. The van der Waals surface area contributed by atoms with Crippen molar-refractivity contribution in [2.24, 2.45) is 0 Å². The normalized spacial score (nSPS) is 14.4. The highest BCUT2D eigenvalue weighted by Crippen LogP contribution is 2.35. The van der Waals surface area contributed by atoms with Crippen LogP contribution in [-0.4, -0.2) is 48.2 Å². The molecule has 1 aliphatic heterocycles. The summed E-state index contributed by atoms with van der Waals surface area (Å²) in [5, 5.41) is 2.95. The summed E-state index contributed by atoms with van der Waals surface area (Å²) in [7, 11) is -1.15. The Morgan fingerprint density at radius 3 is 2.26 bits per heavy atom. The van der Waals surface area contributed by atoms with Gasteiger partial charge < -0.3 is 19.7 Å². The molecule has 0 aromatic heterocycles. The van der Waals surface area contributed by atoms with Gasteiger partial charge in [-0.1, -0.05) is 30.3 Å². The van der Waals surface area contributed by atoms with Crippen LogP contribution in [0.3, 0.4) is 0 Å². The Morgan fingerprint density at radius 1 is 0.947 bits per heavy atom. The van der Waals surface area contributed by atoms with E-state index in [2.05, 4.69) is 22.3 Å². The number of nitrogens with zero attached hydrogens (tertiary/aromatic N) is 2. The van der Waals surface area contributed by atoms with Gasteiger partial charge in [-0.2, -0.15) is 0 Å². The summed E-state index contributed by atoms with van der Waals surface area (Å²) in [6, 6.07) is 20.7. The van der Waals surface area contributed by atoms with Crippen LogP contribution in [0.2, 0.25) is 0 Å². The second kappa shape index (κ2) is 12.2. The second-order valence-electron chi connectivity index (χ2n) is 9.29. The molecule has 202 valence electrons. The van der Waals surface area contributed by atoms with Crippen molar-refractivity contribution in [2.75, 3.05) is 43.1 Å². The number of methoxy groups -OCH3 is 2. The van der Waals surface area contributed by atoms with Gasteiger partial charge in [0.15, 0.2) is 0 Å². The molecular weight excluding hydrogens is 502 g/mol. The molecule has 9 heteroatoms. The van der Waals surface area contributed by atoms with E-state index >= 15 is 0 Å². The zero-order valence-electron chi connectivity index (χ0n) is 22.1. The first-order valence-corrected chi connectivity index (χ1v) is 14.2. The number of amides is 1. The molecule has 0 radical (unpaired) electrons. The van der Waals surface area contributed by atoms with Crippen molar-refractivity contribution >= 4 is 27.3 Å². The van der Waals surface area contributed by atoms with E-state index in [1.807, 2.05) is 19.1 Å². The second-order valence-corrected chi connectivity index (χ2v) is 11.2. The van der Waals surface area contributed by atoms with Gasteiger partial charge in [-0.15, -0.1) is 0 Å². The number of sulfonamides is 1. The van der Waals surface area contributed by atoms with Crippen molar-refractivity contribution in [1.82, 2.24) is 5.32 Å². The molecule has 3 aromatic carbocycles. The lowest BCUT2D eigenvalue weighted by Crippen LogP contribution is -2.41. The first kappa shape index (κ1) is 27.3. The molecule has 8 nitrogen and oxygen atoms in total. The minimum absolute atomic E-state index is 0.0685. The third kappa shape index (κ3) is 6.22. The number of rotatable bonds is 10. The van der Waals surface area contributed by atoms with Gasteiger partial charge in [0.25, 0.3) is 10.0 Å². The van der Waals surface area contributed by atoms with Crippen LogP contribution in [0, 0.1) is 0 Å². The van der Waals surface area contributed by atoms with Crippen LogP contribution >= 0.6 is 0 Å². The van der Waals surface area contributed by atoms with Crippen LogP contribution in [-0.2, 0) is 14.8 Å².